The van der Waals surface area contributed by atoms with Crippen LogP contribution in [0.1, 0.15) is 35.8 Å². The molecule has 0 radical (unpaired) electrons. The first-order chi connectivity index (χ1) is 11.1. The van der Waals surface area contributed by atoms with Gasteiger partial charge in [-0.05, 0) is 19.1 Å². The van der Waals surface area contributed by atoms with Gasteiger partial charge in [-0.3, -0.25) is 4.79 Å². The number of thiazole rings is 1. The molecule has 1 aliphatic rings. The molecule has 2 aromatic rings. The normalized spacial score (nSPS) is 17.1. The molecule has 3 rings (SSSR count). The number of methoxy groups -OCH3 is 1. The average molecular weight is 349 g/mol. The minimum absolute atomic E-state index is 0.0830. The van der Waals surface area contributed by atoms with Gasteiger partial charge >= 0.3 is 0 Å². The zero-order valence-corrected chi connectivity index (χ0v) is 14.8. The molecule has 0 unspecified atom stereocenters. The lowest BCUT2D eigenvalue weighted by atomic mass is 9.91. The largest absolute Gasteiger partial charge is 0.381 e. The van der Waals surface area contributed by atoms with Crippen LogP contribution in [-0.2, 0) is 15.1 Å². The highest BCUT2D eigenvalue weighted by atomic mass is 32.2. The van der Waals surface area contributed by atoms with Crippen molar-refractivity contribution in [2.75, 3.05) is 20.3 Å². The van der Waals surface area contributed by atoms with Crippen LogP contribution in [0, 0.1) is 0 Å². The van der Waals surface area contributed by atoms with Crippen LogP contribution in [0.5, 0.6) is 0 Å². The van der Waals surface area contributed by atoms with Crippen LogP contribution in [0.2, 0.25) is 0 Å². The lowest BCUT2D eigenvalue weighted by Gasteiger charge is -2.34. The van der Waals surface area contributed by atoms with Crippen molar-refractivity contribution in [1.82, 2.24) is 4.98 Å². The van der Waals surface area contributed by atoms with Crippen molar-refractivity contribution in [3.63, 3.8) is 0 Å². The predicted molar refractivity (Wildman–Crippen MR) is 91.4 cm³/mol. The Kier molecular flexibility index (Phi) is 5.16. The highest BCUT2D eigenvalue weighted by molar-refractivity contribution is 8.01. The Labute approximate surface area is 144 Å². The van der Waals surface area contributed by atoms with Gasteiger partial charge < -0.3 is 9.47 Å². The summed E-state index contributed by atoms with van der Waals surface area (Å²) in [6, 6.07) is 7.63. The highest BCUT2D eigenvalue weighted by Gasteiger charge is 2.36. The van der Waals surface area contributed by atoms with Crippen LogP contribution in [-0.4, -0.2) is 31.1 Å². The summed E-state index contributed by atoms with van der Waals surface area (Å²) in [5.74, 6) is 0.0830. The average Bonchev–Trinajstić information content (AvgIpc) is 3.05. The molecule has 0 atom stereocenters. The number of nitrogens with zero attached hydrogens (tertiary/aromatic N) is 1. The Bertz CT molecular complexity index is 675. The van der Waals surface area contributed by atoms with Gasteiger partial charge in [-0.25, -0.2) is 4.98 Å². The maximum Gasteiger partial charge on any atom is 0.159 e. The van der Waals surface area contributed by atoms with Crippen molar-refractivity contribution in [2.45, 2.75) is 34.6 Å². The number of hydrogen-bond donors (Lipinski definition) is 0. The fourth-order valence-corrected chi connectivity index (χ4v) is 4.51. The van der Waals surface area contributed by atoms with E-state index in [-0.39, 0.29) is 11.4 Å². The van der Waals surface area contributed by atoms with Crippen molar-refractivity contribution in [2.24, 2.45) is 0 Å². The fraction of sp³-hybridized carbons (Fsp3) is 0.412. The van der Waals surface area contributed by atoms with Gasteiger partial charge in [-0.15, -0.1) is 11.3 Å². The first-order valence-electron chi connectivity index (χ1n) is 7.51. The number of carbonyl (C=O) groups excluding carboxylic acids is 1. The number of carbonyl (C=O) groups is 1. The predicted octanol–water partition coefficient (Wildman–Crippen LogP) is 4.15. The summed E-state index contributed by atoms with van der Waals surface area (Å²) in [5, 5.41) is 2.08. The third-order valence-electron chi connectivity index (χ3n) is 4.11. The molecule has 0 bridgehead atoms. The maximum absolute atomic E-state index is 11.3. The van der Waals surface area contributed by atoms with Gasteiger partial charge in [0.05, 0.1) is 5.69 Å². The Morgan fingerprint density at radius 3 is 2.61 bits per heavy atom. The third-order valence-corrected chi connectivity index (χ3v) is 6.05. The third kappa shape index (κ3) is 3.66. The quantitative estimate of drug-likeness (QED) is 0.759. The standard InChI is InChI=1S/C17H19NO3S2/c1-12(19)13-3-5-14(6-4-13)23-16-18-15(11-22-16)17(20-2)7-9-21-10-8-17/h3-6,11H,7-10H2,1-2H3. The molecular formula is C17H19NO3S2. The van der Waals surface area contributed by atoms with E-state index in [9.17, 15) is 4.79 Å². The number of Topliss-reactive ketones (excluding diaryl/α,β-unsaturated/α-hetero) is 1. The van der Waals surface area contributed by atoms with Crippen LogP contribution in [0.4, 0.5) is 0 Å². The van der Waals surface area contributed by atoms with Gasteiger partial charge in [0.15, 0.2) is 10.1 Å². The van der Waals surface area contributed by atoms with Gasteiger partial charge in [0, 0.05) is 49.0 Å². The molecule has 0 aliphatic carbocycles. The maximum atomic E-state index is 11.3. The Hall–Kier alpha value is -1.21. The molecule has 2 heterocycles. The summed E-state index contributed by atoms with van der Waals surface area (Å²) in [5.41, 5.74) is 1.41. The summed E-state index contributed by atoms with van der Waals surface area (Å²) >= 11 is 3.24. The second kappa shape index (κ2) is 7.13. The molecular weight excluding hydrogens is 330 g/mol. The number of aromatic nitrogens is 1. The van der Waals surface area contributed by atoms with Crippen molar-refractivity contribution >= 4 is 28.9 Å². The summed E-state index contributed by atoms with van der Waals surface area (Å²) in [4.78, 5) is 17.2. The Morgan fingerprint density at radius 2 is 2.00 bits per heavy atom. The molecule has 23 heavy (non-hydrogen) atoms. The molecule has 0 spiro atoms. The smallest absolute Gasteiger partial charge is 0.159 e. The van der Waals surface area contributed by atoms with Crippen LogP contribution in [0.25, 0.3) is 0 Å². The lowest BCUT2D eigenvalue weighted by molar-refractivity contribution is -0.0971. The number of ketones is 1. The van der Waals surface area contributed by atoms with Crippen molar-refractivity contribution < 1.29 is 14.3 Å². The number of benzene rings is 1. The van der Waals surface area contributed by atoms with Gasteiger partial charge in [0.25, 0.3) is 0 Å². The van der Waals surface area contributed by atoms with Crippen LogP contribution in [0.3, 0.4) is 0 Å². The molecule has 0 amide bonds. The van der Waals surface area contributed by atoms with Gasteiger partial charge in [0.2, 0.25) is 0 Å². The summed E-state index contributed by atoms with van der Waals surface area (Å²) < 4.78 is 12.2. The van der Waals surface area contributed by atoms with Crippen molar-refractivity contribution in [3.05, 3.63) is 40.9 Å². The molecule has 0 N–H and O–H groups in total. The highest BCUT2D eigenvalue weighted by Crippen LogP contribution is 2.39. The molecule has 4 nitrogen and oxygen atoms in total. The Balaban J connectivity index is 1.75. The van der Waals surface area contributed by atoms with Crippen molar-refractivity contribution in [3.8, 4) is 0 Å². The van der Waals surface area contributed by atoms with E-state index >= 15 is 0 Å². The lowest BCUT2D eigenvalue weighted by Crippen LogP contribution is -2.35. The first-order valence-corrected chi connectivity index (χ1v) is 9.20. The fourth-order valence-electron chi connectivity index (χ4n) is 2.64. The molecule has 0 saturated carbocycles. The van der Waals surface area contributed by atoms with E-state index < -0.39 is 0 Å². The molecule has 6 heteroatoms. The monoisotopic (exact) mass is 349 g/mol. The topological polar surface area (TPSA) is 48.4 Å². The van der Waals surface area contributed by atoms with Gasteiger partial charge in [-0.2, -0.15) is 0 Å². The SMILES string of the molecule is COC1(c2csc(Sc3ccc(C(C)=O)cc3)n2)CCOCC1. The van der Waals surface area contributed by atoms with Crippen LogP contribution < -0.4 is 0 Å². The van der Waals surface area contributed by atoms with Gasteiger partial charge in [0.1, 0.15) is 5.60 Å². The van der Waals surface area contributed by atoms with Gasteiger partial charge in [-0.1, -0.05) is 23.9 Å². The van der Waals surface area contributed by atoms with E-state index in [0.717, 1.165) is 33.3 Å². The Morgan fingerprint density at radius 1 is 1.30 bits per heavy atom. The zero-order chi connectivity index (χ0) is 16.3. The van der Waals surface area contributed by atoms with E-state index in [1.807, 2.05) is 24.3 Å². The zero-order valence-electron chi connectivity index (χ0n) is 13.2. The summed E-state index contributed by atoms with van der Waals surface area (Å²) in [6.45, 7) is 2.99. The second-order valence-electron chi connectivity index (χ2n) is 5.49. The number of ether oxygens (including phenoxy) is 2. The second-order valence-corrected chi connectivity index (χ2v) is 7.67. The number of rotatable bonds is 5. The molecule has 1 aromatic heterocycles. The van der Waals surface area contributed by atoms with E-state index in [2.05, 4.69) is 5.38 Å². The molecule has 1 saturated heterocycles. The van der Waals surface area contributed by atoms with E-state index in [4.69, 9.17) is 14.5 Å². The number of hydrogen-bond acceptors (Lipinski definition) is 6. The molecule has 1 aromatic carbocycles. The first kappa shape index (κ1) is 16.6. The molecule has 122 valence electrons. The van der Waals surface area contributed by atoms with Crippen molar-refractivity contribution in [1.29, 1.82) is 0 Å². The summed E-state index contributed by atoms with van der Waals surface area (Å²) in [7, 11) is 1.75. The summed E-state index contributed by atoms with van der Waals surface area (Å²) in [6.07, 6.45) is 1.68. The molecule has 1 fully saturated rings. The van der Waals surface area contributed by atoms with Crippen LogP contribution in [0.15, 0.2) is 38.9 Å². The van der Waals surface area contributed by atoms with E-state index in [1.54, 1.807) is 37.1 Å². The minimum atomic E-state index is -0.313. The van der Waals surface area contributed by atoms with Crippen LogP contribution >= 0.6 is 23.1 Å². The molecule has 1 aliphatic heterocycles. The minimum Gasteiger partial charge on any atom is -0.381 e. The van der Waals surface area contributed by atoms with E-state index in [0.29, 0.717) is 13.2 Å². The van der Waals surface area contributed by atoms with E-state index in [1.165, 1.54) is 0 Å².